The normalized spacial score (nSPS) is 10.1. The molecule has 82 valence electrons. The van der Waals surface area contributed by atoms with Crippen LogP contribution in [0.3, 0.4) is 0 Å². The quantitative estimate of drug-likeness (QED) is 0.721. The van der Waals surface area contributed by atoms with E-state index < -0.39 is 0 Å². The number of rotatable bonds is 2. The van der Waals surface area contributed by atoms with Gasteiger partial charge in [-0.15, -0.1) is 0 Å². The van der Waals surface area contributed by atoms with E-state index in [0.717, 1.165) is 11.4 Å². The molecule has 0 saturated heterocycles. The Balaban J connectivity index is 2.39. The Morgan fingerprint density at radius 2 is 2.25 bits per heavy atom. The van der Waals surface area contributed by atoms with E-state index in [4.69, 9.17) is 0 Å². The van der Waals surface area contributed by atoms with Gasteiger partial charge in [0.2, 0.25) is 0 Å². The van der Waals surface area contributed by atoms with Crippen molar-refractivity contribution in [2.75, 3.05) is 7.11 Å². The zero-order chi connectivity index (χ0) is 11.5. The summed E-state index contributed by atoms with van der Waals surface area (Å²) in [6, 6.07) is 7.22. The molecule has 4 heteroatoms. The number of nitrogens with zero attached hydrogens (tertiary/aromatic N) is 2. The first kappa shape index (κ1) is 10.4. The summed E-state index contributed by atoms with van der Waals surface area (Å²) in [5, 5.41) is 0. The monoisotopic (exact) mass is 216 g/mol. The SMILES string of the molecule is COC(=O)c1cccc(-n2cnc(C)c2)c1. The molecule has 1 heterocycles. The number of aryl methyl sites for hydroxylation is 1. The van der Waals surface area contributed by atoms with Crippen molar-refractivity contribution in [3.8, 4) is 5.69 Å². The van der Waals surface area contributed by atoms with Gasteiger partial charge < -0.3 is 9.30 Å². The Bertz CT molecular complexity index is 517. The molecule has 0 unspecified atom stereocenters. The molecule has 0 saturated carbocycles. The van der Waals surface area contributed by atoms with Gasteiger partial charge in [-0.05, 0) is 25.1 Å². The summed E-state index contributed by atoms with van der Waals surface area (Å²) in [5.41, 5.74) is 2.36. The second kappa shape index (κ2) is 4.18. The molecular weight excluding hydrogens is 204 g/mol. The standard InChI is InChI=1S/C12H12N2O2/c1-9-7-14(8-13-9)11-5-3-4-10(6-11)12(15)16-2/h3-8H,1-2H3. The number of benzene rings is 1. The highest BCUT2D eigenvalue weighted by molar-refractivity contribution is 5.89. The lowest BCUT2D eigenvalue weighted by molar-refractivity contribution is 0.0600. The van der Waals surface area contributed by atoms with Crippen molar-refractivity contribution in [3.05, 3.63) is 48.0 Å². The lowest BCUT2D eigenvalue weighted by atomic mass is 10.2. The third-order valence-electron chi connectivity index (χ3n) is 2.28. The van der Waals surface area contributed by atoms with Gasteiger partial charge in [0.15, 0.2) is 0 Å². The lowest BCUT2D eigenvalue weighted by Gasteiger charge is -2.04. The lowest BCUT2D eigenvalue weighted by Crippen LogP contribution is -2.02. The number of carbonyl (C=O) groups excluding carboxylic acids is 1. The number of imidazole rings is 1. The van der Waals surface area contributed by atoms with Crippen LogP contribution >= 0.6 is 0 Å². The predicted molar refractivity (Wildman–Crippen MR) is 59.6 cm³/mol. The van der Waals surface area contributed by atoms with Gasteiger partial charge in [0.05, 0.1) is 24.7 Å². The summed E-state index contributed by atoms with van der Waals surface area (Å²) in [6.07, 6.45) is 3.61. The number of esters is 1. The fourth-order valence-electron chi connectivity index (χ4n) is 1.47. The molecule has 1 aromatic heterocycles. The zero-order valence-corrected chi connectivity index (χ0v) is 9.18. The van der Waals surface area contributed by atoms with Crippen molar-refractivity contribution < 1.29 is 9.53 Å². The van der Waals surface area contributed by atoms with Crippen LogP contribution in [0.5, 0.6) is 0 Å². The molecule has 0 aliphatic heterocycles. The highest BCUT2D eigenvalue weighted by Crippen LogP contribution is 2.11. The second-order valence-electron chi connectivity index (χ2n) is 3.46. The summed E-state index contributed by atoms with van der Waals surface area (Å²) in [7, 11) is 1.37. The Hall–Kier alpha value is -2.10. The molecule has 0 aliphatic rings. The highest BCUT2D eigenvalue weighted by Gasteiger charge is 2.06. The van der Waals surface area contributed by atoms with Crippen LogP contribution in [-0.4, -0.2) is 22.6 Å². The maximum Gasteiger partial charge on any atom is 0.337 e. The molecule has 0 bridgehead atoms. The second-order valence-corrected chi connectivity index (χ2v) is 3.46. The average Bonchev–Trinajstić information content (AvgIpc) is 2.75. The Kier molecular flexibility index (Phi) is 2.72. The number of hydrogen-bond acceptors (Lipinski definition) is 3. The molecule has 0 aliphatic carbocycles. The Morgan fingerprint density at radius 1 is 1.44 bits per heavy atom. The van der Waals surface area contributed by atoms with Crippen molar-refractivity contribution in [2.24, 2.45) is 0 Å². The van der Waals surface area contributed by atoms with E-state index in [1.54, 1.807) is 18.5 Å². The maximum absolute atomic E-state index is 11.4. The number of methoxy groups -OCH3 is 1. The molecule has 0 fully saturated rings. The van der Waals surface area contributed by atoms with Gasteiger partial charge >= 0.3 is 5.97 Å². The van der Waals surface area contributed by atoms with Crippen molar-refractivity contribution in [2.45, 2.75) is 6.92 Å². The van der Waals surface area contributed by atoms with E-state index in [2.05, 4.69) is 9.72 Å². The van der Waals surface area contributed by atoms with Crippen LogP contribution in [-0.2, 0) is 4.74 Å². The molecule has 2 aromatic rings. The molecule has 0 radical (unpaired) electrons. The minimum atomic E-state index is -0.335. The van der Waals surface area contributed by atoms with E-state index in [-0.39, 0.29) is 5.97 Å². The molecule has 2 rings (SSSR count). The molecule has 0 atom stereocenters. The van der Waals surface area contributed by atoms with Gasteiger partial charge in [0.25, 0.3) is 0 Å². The molecule has 16 heavy (non-hydrogen) atoms. The van der Waals surface area contributed by atoms with Crippen LogP contribution in [0.15, 0.2) is 36.8 Å². The third kappa shape index (κ3) is 1.95. The summed E-state index contributed by atoms with van der Waals surface area (Å²) < 4.78 is 6.53. The van der Waals surface area contributed by atoms with Gasteiger partial charge in [-0.1, -0.05) is 6.07 Å². The van der Waals surface area contributed by atoms with Crippen LogP contribution in [0.25, 0.3) is 5.69 Å². The first-order chi connectivity index (χ1) is 7.70. The van der Waals surface area contributed by atoms with Crippen LogP contribution in [0.2, 0.25) is 0 Å². The first-order valence-corrected chi connectivity index (χ1v) is 4.90. The molecule has 0 spiro atoms. The largest absolute Gasteiger partial charge is 0.465 e. The van der Waals surface area contributed by atoms with Crippen molar-refractivity contribution in [1.29, 1.82) is 0 Å². The van der Waals surface area contributed by atoms with E-state index in [1.165, 1.54) is 7.11 Å². The summed E-state index contributed by atoms with van der Waals surface area (Å²) in [5.74, 6) is -0.335. The molecule has 4 nitrogen and oxygen atoms in total. The van der Waals surface area contributed by atoms with Crippen molar-refractivity contribution in [3.63, 3.8) is 0 Å². The summed E-state index contributed by atoms with van der Waals surface area (Å²) in [4.78, 5) is 15.5. The maximum atomic E-state index is 11.4. The van der Waals surface area contributed by atoms with Crippen LogP contribution < -0.4 is 0 Å². The number of carbonyl (C=O) groups is 1. The van der Waals surface area contributed by atoms with Crippen molar-refractivity contribution in [1.82, 2.24) is 9.55 Å². The van der Waals surface area contributed by atoms with Gasteiger partial charge in [0, 0.05) is 11.9 Å². The zero-order valence-electron chi connectivity index (χ0n) is 9.18. The summed E-state index contributed by atoms with van der Waals surface area (Å²) >= 11 is 0. The minimum absolute atomic E-state index is 0.335. The van der Waals surface area contributed by atoms with Crippen LogP contribution in [0, 0.1) is 6.92 Å². The number of hydrogen-bond donors (Lipinski definition) is 0. The average molecular weight is 216 g/mol. The van der Waals surface area contributed by atoms with Gasteiger partial charge in [-0.3, -0.25) is 0 Å². The fraction of sp³-hybridized carbons (Fsp3) is 0.167. The minimum Gasteiger partial charge on any atom is -0.465 e. The topological polar surface area (TPSA) is 44.1 Å². The van der Waals surface area contributed by atoms with E-state index >= 15 is 0 Å². The number of ether oxygens (including phenoxy) is 1. The number of aromatic nitrogens is 2. The molecule has 1 aromatic carbocycles. The first-order valence-electron chi connectivity index (χ1n) is 4.90. The predicted octanol–water partition coefficient (Wildman–Crippen LogP) is 1.97. The van der Waals surface area contributed by atoms with E-state index in [9.17, 15) is 4.79 Å². The Morgan fingerprint density at radius 3 is 2.88 bits per heavy atom. The van der Waals surface area contributed by atoms with Gasteiger partial charge in [-0.2, -0.15) is 0 Å². The van der Waals surface area contributed by atoms with Gasteiger partial charge in [-0.25, -0.2) is 9.78 Å². The molecule has 0 amide bonds. The van der Waals surface area contributed by atoms with Crippen LogP contribution in [0.1, 0.15) is 16.1 Å². The Labute approximate surface area is 93.5 Å². The molecular formula is C12H12N2O2. The van der Waals surface area contributed by atoms with Gasteiger partial charge in [0.1, 0.15) is 0 Å². The smallest absolute Gasteiger partial charge is 0.337 e. The fourth-order valence-corrected chi connectivity index (χ4v) is 1.47. The molecule has 0 N–H and O–H groups in total. The third-order valence-corrected chi connectivity index (χ3v) is 2.28. The van der Waals surface area contributed by atoms with Crippen LogP contribution in [0.4, 0.5) is 0 Å². The highest BCUT2D eigenvalue weighted by atomic mass is 16.5. The van der Waals surface area contributed by atoms with Crippen molar-refractivity contribution >= 4 is 5.97 Å². The van der Waals surface area contributed by atoms with E-state index in [0.29, 0.717) is 5.56 Å². The summed E-state index contributed by atoms with van der Waals surface area (Å²) in [6.45, 7) is 1.92. The van der Waals surface area contributed by atoms with E-state index in [1.807, 2.05) is 29.8 Å².